The molecule has 3 rings (SSSR count). The normalized spacial score (nSPS) is 11.5. The molecule has 3 aromatic rings. The number of hydrogen-bond donors (Lipinski definition) is 1. The Morgan fingerprint density at radius 3 is 2.23 bits per heavy atom. The standard InChI is InChI=1S/C23H23FN2O3S/c1-17-8-13-21(14-18(17)2)25-23(27)16-26(15-19-9-11-20(24)12-10-19)30(28,29)22-6-4-3-5-7-22/h3-14H,15-16H2,1-2H3,(H,25,27). The predicted octanol–water partition coefficient (Wildman–Crippen LogP) is 4.27. The maximum absolute atomic E-state index is 13.2. The zero-order valence-corrected chi connectivity index (χ0v) is 17.6. The van der Waals surface area contributed by atoms with Crippen LogP contribution in [0, 0.1) is 19.7 Å². The molecule has 0 atom stereocenters. The van der Waals surface area contributed by atoms with E-state index < -0.39 is 21.7 Å². The lowest BCUT2D eigenvalue weighted by atomic mass is 10.1. The molecule has 0 aliphatic heterocycles. The van der Waals surface area contributed by atoms with Crippen molar-refractivity contribution in [3.05, 3.63) is 95.3 Å². The van der Waals surface area contributed by atoms with Gasteiger partial charge in [0.25, 0.3) is 0 Å². The summed E-state index contributed by atoms with van der Waals surface area (Å²) < 4.78 is 40.7. The van der Waals surface area contributed by atoms with Crippen LogP contribution >= 0.6 is 0 Å². The SMILES string of the molecule is Cc1ccc(NC(=O)CN(Cc2ccc(F)cc2)S(=O)(=O)c2ccccc2)cc1C. The van der Waals surface area contributed by atoms with Gasteiger partial charge in [0.15, 0.2) is 0 Å². The number of anilines is 1. The smallest absolute Gasteiger partial charge is 0.243 e. The van der Waals surface area contributed by atoms with Crippen LogP contribution in [0.1, 0.15) is 16.7 Å². The van der Waals surface area contributed by atoms with E-state index in [9.17, 15) is 17.6 Å². The van der Waals surface area contributed by atoms with Crippen molar-refractivity contribution in [2.75, 3.05) is 11.9 Å². The third-order valence-corrected chi connectivity index (χ3v) is 6.57. The molecule has 5 nitrogen and oxygen atoms in total. The van der Waals surface area contributed by atoms with Gasteiger partial charge in [-0.15, -0.1) is 0 Å². The first-order chi connectivity index (χ1) is 14.3. The van der Waals surface area contributed by atoms with Crippen LogP contribution in [0.3, 0.4) is 0 Å². The number of sulfonamides is 1. The molecule has 0 spiro atoms. The number of rotatable bonds is 7. The van der Waals surface area contributed by atoms with Gasteiger partial charge in [-0.1, -0.05) is 36.4 Å². The molecule has 0 aliphatic carbocycles. The molecule has 30 heavy (non-hydrogen) atoms. The maximum atomic E-state index is 13.2. The fourth-order valence-corrected chi connectivity index (χ4v) is 4.35. The highest BCUT2D eigenvalue weighted by atomic mass is 32.2. The van der Waals surface area contributed by atoms with E-state index in [0.717, 1.165) is 15.4 Å². The average Bonchev–Trinajstić information content (AvgIpc) is 2.72. The summed E-state index contributed by atoms with van der Waals surface area (Å²) in [5.74, 6) is -0.872. The summed E-state index contributed by atoms with van der Waals surface area (Å²) in [5, 5.41) is 2.75. The quantitative estimate of drug-likeness (QED) is 0.614. The Morgan fingerprint density at radius 2 is 1.60 bits per heavy atom. The third kappa shape index (κ3) is 5.31. The van der Waals surface area contributed by atoms with Crippen LogP contribution in [-0.2, 0) is 21.4 Å². The summed E-state index contributed by atoms with van der Waals surface area (Å²) in [6.07, 6.45) is 0. The lowest BCUT2D eigenvalue weighted by Gasteiger charge is -2.22. The van der Waals surface area contributed by atoms with Crippen LogP contribution in [0.4, 0.5) is 10.1 Å². The molecule has 156 valence electrons. The Balaban J connectivity index is 1.85. The Labute approximate surface area is 176 Å². The van der Waals surface area contributed by atoms with Gasteiger partial charge in [-0.3, -0.25) is 4.79 Å². The van der Waals surface area contributed by atoms with E-state index in [4.69, 9.17) is 0 Å². The highest BCUT2D eigenvalue weighted by Gasteiger charge is 2.27. The van der Waals surface area contributed by atoms with E-state index in [2.05, 4.69) is 5.32 Å². The van der Waals surface area contributed by atoms with Gasteiger partial charge in [0.2, 0.25) is 15.9 Å². The molecule has 0 aliphatic rings. The molecule has 1 N–H and O–H groups in total. The van der Waals surface area contributed by atoms with Gasteiger partial charge in [-0.25, -0.2) is 12.8 Å². The topological polar surface area (TPSA) is 66.5 Å². The maximum Gasteiger partial charge on any atom is 0.243 e. The largest absolute Gasteiger partial charge is 0.325 e. The van der Waals surface area contributed by atoms with Crippen molar-refractivity contribution >= 4 is 21.6 Å². The second kappa shape index (κ2) is 9.19. The van der Waals surface area contributed by atoms with Crippen molar-refractivity contribution in [3.63, 3.8) is 0 Å². The minimum absolute atomic E-state index is 0.0577. The first-order valence-electron chi connectivity index (χ1n) is 9.42. The summed E-state index contributed by atoms with van der Waals surface area (Å²) in [5.41, 5.74) is 3.29. The number of benzene rings is 3. The molecule has 0 radical (unpaired) electrons. The second-order valence-corrected chi connectivity index (χ2v) is 9.00. The molecule has 0 saturated heterocycles. The molecular formula is C23H23FN2O3S. The van der Waals surface area contributed by atoms with E-state index >= 15 is 0 Å². The third-order valence-electron chi connectivity index (χ3n) is 4.76. The van der Waals surface area contributed by atoms with Crippen molar-refractivity contribution in [3.8, 4) is 0 Å². The molecular weight excluding hydrogens is 403 g/mol. The van der Waals surface area contributed by atoms with E-state index in [-0.39, 0.29) is 18.0 Å². The number of carbonyl (C=O) groups is 1. The monoisotopic (exact) mass is 426 g/mol. The molecule has 0 aromatic heterocycles. The predicted molar refractivity (Wildman–Crippen MR) is 115 cm³/mol. The van der Waals surface area contributed by atoms with Crippen LogP contribution in [0.25, 0.3) is 0 Å². The molecule has 7 heteroatoms. The number of amides is 1. The van der Waals surface area contributed by atoms with Crippen LogP contribution in [0.5, 0.6) is 0 Å². The number of halogens is 1. The number of hydrogen-bond acceptors (Lipinski definition) is 3. The Hall–Kier alpha value is -3.03. The first-order valence-corrected chi connectivity index (χ1v) is 10.9. The Morgan fingerprint density at radius 1 is 0.933 bits per heavy atom. The van der Waals surface area contributed by atoms with Gasteiger partial charge < -0.3 is 5.32 Å². The molecule has 3 aromatic carbocycles. The number of nitrogens with one attached hydrogen (secondary N) is 1. The van der Waals surface area contributed by atoms with Gasteiger partial charge in [0, 0.05) is 12.2 Å². The lowest BCUT2D eigenvalue weighted by molar-refractivity contribution is -0.116. The fourth-order valence-electron chi connectivity index (χ4n) is 2.94. The van der Waals surface area contributed by atoms with E-state index in [1.165, 1.54) is 36.4 Å². The van der Waals surface area contributed by atoms with Crippen LogP contribution < -0.4 is 5.32 Å². The number of nitrogens with zero attached hydrogens (tertiary/aromatic N) is 1. The van der Waals surface area contributed by atoms with Gasteiger partial charge in [0.05, 0.1) is 11.4 Å². The zero-order chi connectivity index (χ0) is 21.7. The molecule has 0 heterocycles. The van der Waals surface area contributed by atoms with Crippen molar-refractivity contribution in [1.82, 2.24) is 4.31 Å². The summed E-state index contributed by atoms with van der Waals surface area (Å²) in [6, 6.07) is 19.0. The molecule has 0 fully saturated rings. The zero-order valence-electron chi connectivity index (χ0n) is 16.8. The van der Waals surface area contributed by atoms with Crippen molar-refractivity contribution in [2.24, 2.45) is 0 Å². The Bertz CT molecular complexity index is 1130. The molecule has 0 unspecified atom stereocenters. The Kier molecular flexibility index (Phi) is 6.64. The first kappa shape index (κ1) is 21.7. The summed E-state index contributed by atoms with van der Waals surface area (Å²) in [7, 11) is -3.93. The van der Waals surface area contributed by atoms with Crippen molar-refractivity contribution in [2.45, 2.75) is 25.3 Å². The number of aryl methyl sites for hydroxylation is 2. The van der Waals surface area contributed by atoms with Gasteiger partial charge in [0.1, 0.15) is 5.82 Å². The molecule has 0 saturated carbocycles. The van der Waals surface area contributed by atoms with Crippen LogP contribution in [0.15, 0.2) is 77.7 Å². The van der Waals surface area contributed by atoms with Crippen LogP contribution in [0.2, 0.25) is 0 Å². The molecule has 0 bridgehead atoms. The van der Waals surface area contributed by atoms with Gasteiger partial charge in [-0.2, -0.15) is 4.31 Å². The summed E-state index contributed by atoms with van der Waals surface area (Å²) in [6.45, 7) is 3.48. The minimum atomic E-state index is -3.93. The van der Waals surface area contributed by atoms with E-state index in [1.54, 1.807) is 24.3 Å². The van der Waals surface area contributed by atoms with E-state index in [1.807, 2.05) is 26.0 Å². The van der Waals surface area contributed by atoms with Crippen molar-refractivity contribution < 1.29 is 17.6 Å². The highest BCUT2D eigenvalue weighted by molar-refractivity contribution is 7.89. The van der Waals surface area contributed by atoms with Gasteiger partial charge in [-0.05, 0) is 66.9 Å². The lowest BCUT2D eigenvalue weighted by Crippen LogP contribution is -2.37. The van der Waals surface area contributed by atoms with Crippen molar-refractivity contribution in [1.29, 1.82) is 0 Å². The number of carbonyl (C=O) groups excluding carboxylic acids is 1. The molecule has 1 amide bonds. The highest BCUT2D eigenvalue weighted by Crippen LogP contribution is 2.19. The van der Waals surface area contributed by atoms with E-state index in [0.29, 0.717) is 11.3 Å². The van der Waals surface area contributed by atoms with Gasteiger partial charge >= 0.3 is 0 Å². The summed E-state index contributed by atoms with van der Waals surface area (Å²) >= 11 is 0. The summed E-state index contributed by atoms with van der Waals surface area (Å²) in [4.78, 5) is 12.8. The second-order valence-electron chi connectivity index (χ2n) is 7.06. The van der Waals surface area contributed by atoms with Crippen LogP contribution in [-0.4, -0.2) is 25.2 Å². The fraction of sp³-hybridized carbons (Fsp3) is 0.174. The average molecular weight is 427 g/mol. The minimum Gasteiger partial charge on any atom is -0.325 e.